The Morgan fingerprint density at radius 3 is 1.61 bits per heavy atom. The average molecular weight is 561 g/mol. The molecule has 4 heterocycles. The van der Waals surface area contributed by atoms with Gasteiger partial charge >= 0.3 is 0 Å². The predicted molar refractivity (Wildman–Crippen MR) is 174 cm³/mol. The van der Waals surface area contributed by atoms with Gasteiger partial charge in [-0.15, -0.1) is 0 Å². The van der Waals surface area contributed by atoms with Crippen LogP contribution in [0.5, 0.6) is 0 Å². The molecule has 0 fully saturated rings. The van der Waals surface area contributed by atoms with Crippen molar-refractivity contribution >= 4 is 38.0 Å². The number of aromatic nitrogens is 4. The third-order valence-electron chi connectivity index (χ3n) is 8.10. The lowest BCUT2D eigenvalue weighted by Crippen LogP contribution is -1.92. The third-order valence-corrected chi connectivity index (χ3v) is 8.10. The summed E-state index contributed by atoms with van der Waals surface area (Å²) in [4.78, 5) is 21.7. The lowest BCUT2D eigenvalue weighted by Gasteiger charge is -2.16. The minimum atomic E-state index is 0.543. The average Bonchev–Trinajstić information content (AvgIpc) is 3.10. The lowest BCUT2D eigenvalue weighted by atomic mass is 9.87. The van der Waals surface area contributed by atoms with E-state index in [1.54, 1.807) is 36.7 Å². The molecule has 0 aliphatic heterocycles. The number of benzene rings is 4. The maximum Gasteiger partial charge on any atom is 0.190 e. The van der Waals surface area contributed by atoms with Gasteiger partial charge in [0.25, 0.3) is 0 Å². The predicted octanol–water partition coefficient (Wildman–Crippen LogP) is 9.25. The van der Waals surface area contributed by atoms with E-state index in [0.29, 0.717) is 22.6 Å². The van der Waals surface area contributed by atoms with Crippen molar-refractivity contribution in [2.45, 2.75) is 0 Å². The van der Waals surface area contributed by atoms with Crippen molar-refractivity contribution in [2.24, 2.45) is 0 Å². The molecular weight excluding hydrogens is 540 g/mol. The minimum Gasteiger partial charge on any atom is -0.257 e. The molecule has 0 aliphatic carbocycles. The fourth-order valence-electron chi connectivity index (χ4n) is 5.98. The van der Waals surface area contributed by atoms with Crippen LogP contribution < -0.4 is 0 Å². The lowest BCUT2D eigenvalue weighted by molar-refractivity contribution is 1.24. The van der Waals surface area contributed by atoms with Crippen LogP contribution in [-0.4, -0.2) is 19.9 Å². The molecule has 0 radical (unpaired) electrons. The Labute approximate surface area is 252 Å². The number of nitrogens with zero attached hydrogens (tertiary/aromatic N) is 6. The summed E-state index contributed by atoms with van der Waals surface area (Å²) in [5.41, 5.74) is 8.16. The fraction of sp³-hybridized carbons (Fsp3) is 0. The molecule has 0 saturated carbocycles. The summed E-state index contributed by atoms with van der Waals surface area (Å²) in [5, 5.41) is 16.4. The van der Waals surface area contributed by atoms with Gasteiger partial charge in [-0.3, -0.25) is 19.9 Å². The summed E-state index contributed by atoms with van der Waals surface area (Å²) >= 11 is 0. The van der Waals surface area contributed by atoms with Gasteiger partial charge in [-0.1, -0.05) is 60.7 Å². The first-order chi connectivity index (χ1) is 21.7. The highest BCUT2D eigenvalue weighted by Gasteiger charge is 2.16. The first kappa shape index (κ1) is 25.2. The minimum absolute atomic E-state index is 0.543. The van der Waals surface area contributed by atoms with Gasteiger partial charge in [0.1, 0.15) is 0 Å². The monoisotopic (exact) mass is 560 g/mol. The van der Waals surface area contributed by atoms with Crippen LogP contribution >= 0.6 is 0 Å². The SMILES string of the molecule is [C-]#[N+]c1ccnc(-c2ccc(-c3ccc4ccc5c(-c6ccc(-c7cc(C#N)ccn7)nc6)ccc6ccc3c4c65)cn2)c1. The van der Waals surface area contributed by atoms with E-state index >= 15 is 0 Å². The first-order valence-corrected chi connectivity index (χ1v) is 14.0. The molecule has 6 nitrogen and oxygen atoms in total. The molecule has 0 amide bonds. The molecule has 202 valence electrons. The molecule has 8 aromatic rings. The number of pyridine rings is 4. The van der Waals surface area contributed by atoms with E-state index in [9.17, 15) is 5.26 Å². The summed E-state index contributed by atoms with van der Waals surface area (Å²) in [7, 11) is 0. The summed E-state index contributed by atoms with van der Waals surface area (Å²) in [5.74, 6) is 0. The topological polar surface area (TPSA) is 79.7 Å². The van der Waals surface area contributed by atoms with Crippen molar-refractivity contribution in [3.05, 3.63) is 139 Å². The second-order valence-electron chi connectivity index (χ2n) is 10.6. The molecule has 0 aliphatic rings. The Balaban J connectivity index is 1.23. The van der Waals surface area contributed by atoms with Gasteiger partial charge in [-0.05, 0) is 79.8 Å². The van der Waals surface area contributed by atoms with Crippen molar-refractivity contribution in [2.75, 3.05) is 0 Å². The smallest absolute Gasteiger partial charge is 0.190 e. The molecule has 0 bridgehead atoms. The van der Waals surface area contributed by atoms with Crippen LogP contribution in [0.15, 0.2) is 122 Å². The highest BCUT2D eigenvalue weighted by molar-refractivity contribution is 6.27. The fourth-order valence-corrected chi connectivity index (χ4v) is 5.98. The van der Waals surface area contributed by atoms with Gasteiger partial charge < -0.3 is 0 Å². The van der Waals surface area contributed by atoms with Gasteiger partial charge in [0, 0.05) is 35.9 Å². The van der Waals surface area contributed by atoms with Crippen LogP contribution in [0.3, 0.4) is 0 Å². The third kappa shape index (κ3) is 4.10. The van der Waals surface area contributed by atoms with E-state index < -0.39 is 0 Å². The van der Waals surface area contributed by atoms with E-state index in [4.69, 9.17) is 16.5 Å². The van der Waals surface area contributed by atoms with E-state index in [0.717, 1.165) is 44.4 Å². The van der Waals surface area contributed by atoms with Crippen molar-refractivity contribution in [1.82, 2.24) is 19.9 Å². The second-order valence-corrected chi connectivity index (χ2v) is 10.6. The molecule has 0 N–H and O–H groups in total. The molecule has 6 heteroatoms. The summed E-state index contributed by atoms with van der Waals surface area (Å²) in [6, 6.07) is 34.6. The van der Waals surface area contributed by atoms with Gasteiger partial charge in [0.05, 0.1) is 41.0 Å². The normalized spacial score (nSPS) is 11.1. The molecule has 0 saturated heterocycles. The highest BCUT2D eigenvalue weighted by Crippen LogP contribution is 2.42. The molecule has 44 heavy (non-hydrogen) atoms. The summed E-state index contributed by atoms with van der Waals surface area (Å²) < 4.78 is 0. The Morgan fingerprint density at radius 2 is 1.09 bits per heavy atom. The zero-order chi connectivity index (χ0) is 29.6. The molecule has 0 atom stereocenters. The van der Waals surface area contributed by atoms with E-state index in [-0.39, 0.29) is 0 Å². The molecule has 4 aromatic carbocycles. The second kappa shape index (κ2) is 10.1. The maximum absolute atomic E-state index is 9.26. The van der Waals surface area contributed by atoms with Crippen LogP contribution in [0.2, 0.25) is 0 Å². The van der Waals surface area contributed by atoms with Gasteiger partial charge in [0.15, 0.2) is 5.69 Å². The van der Waals surface area contributed by atoms with Crippen molar-refractivity contribution in [3.63, 3.8) is 0 Å². The number of rotatable bonds is 4. The van der Waals surface area contributed by atoms with Crippen LogP contribution in [-0.2, 0) is 0 Å². The highest BCUT2D eigenvalue weighted by atomic mass is 14.8. The molecule has 4 aromatic heterocycles. The van der Waals surface area contributed by atoms with Gasteiger partial charge in [-0.2, -0.15) is 5.26 Å². The first-order valence-electron chi connectivity index (χ1n) is 14.0. The Kier molecular flexibility index (Phi) is 5.79. The van der Waals surface area contributed by atoms with Gasteiger partial charge in [-0.25, -0.2) is 4.85 Å². The summed E-state index contributed by atoms with van der Waals surface area (Å²) in [6.07, 6.45) is 7.04. The van der Waals surface area contributed by atoms with E-state index in [1.807, 2.05) is 24.5 Å². The largest absolute Gasteiger partial charge is 0.257 e. The van der Waals surface area contributed by atoms with Crippen LogP contribution in [0.4, 0.5) is 5.69 Å². The van der Waals surface area contributed by atoms with E-state index in [2.05, 4.69) is 81.5 Å². The zero-order valence-corrected chi connectivity index (χ0v) is 23.2. The zero-order valence-electron chi connectivity index (χ0n) is 23.2. The van der Waals surface area contributed by atoms with Crippen molar-refractivity contribution in [3.8, 4) is 51.1 Å². The maximum atomic E-state index is 9.26. The van der Waals surface area contributed by atoms with Crippen molar-refractivity contribution < 1.29 is 0 Å². The quantitative estimate of drug-likeness (QED) is 0.158. The number of nitriles is 1. The molecule has 0 unspecified atom stereocenters. The van der Waals surface area contributed by atoms with E-state index in [1.165, 1.54) is 21.5 Å². The van der Waals surface area contributed by atoms with Crippen LogP contribution in [0, 0.1) is 17.9 Å². The van der Waals surface area contributed by atoms with Crippen molar-refractivity contribution in [1.29, 1.82) is 5.26 Å². The standard InChI is InChI=1S/C38H20N6/c1-40-28-15-17-42-36(19-28)34-13-7-27(22-44-34)30-9-3-25-4-10-31-29(8-2-24-5-11-32(30)38(25)37(24)31)26-6-12-33(43-21-26)35-18-23(20-39)14-16-41-35/h2-19,21-22H. The van der Waals surface area contributed by atoms with Crippen LogP contribution in [0.1, 0.15) is 5.56 Å². The molecule has 8 rings (SSSR count). The number of hydrogen-bond acceptors (Lipinski definition) is 5. The van der Waals surface area contributed by atoms with Crippen LogP contribution in [0.25, 0.3) is 82.2 Å². The Hall–Kier alpha value is -6.50. The Bertz CT molecular complexity index is 2280. The number of hydrogen-bond donors (Lipinski definition) is 0. The summed E-state index contributed by atoms with van der Waals surface area (Å²) in [6.45, 7) is 7.29. The Morgan fingerprint density at radius 1 is 0.545 bits per heavy atom. The molecule has 0 spiro atoms. The molecular formula is C38H20N6. The van der Waals surface area contributed by atoms with Gasteiger partial charge in [0.2, 0.25) is 0 Å².